The maximum Gasteiger partial charge on any atom is 0.407 e. The molecule has 0 radical (unpaired) electrons. The number of ether oxygens (including phenoxy) is 1. The van der Waals surface area contributed by atoms with E-state index in [0.717, 1.165) is 0 Å². The number of carbonyl (C=O) groups is 1. The minimum absolute atomic E-state index is 0.418. The van der Waals surface area contributed by atoms with Crippen molar-refractivity contribution < 1.29 is 19.7 Å². The smallest absolute Gasteiger partial charge is 0.407 e. The van der Waals surface area contributed by atoms with Crippen LogP contribution < -0.4 is 0 Å². The third-order valence-electron chi connectivity index (χ3n) is 3.27. The minimum atomic E-state index is -0.882. The van der Waals surface area contributed by atoms with Crippen LogP contribution in [0, 0.1) is 0 Å². The van der Waals surface area contributed by atoms with Gasteiger partial charge in [-0.25, -0.2) is 4.79 Å². The van der Waals surface area contributed by atoms with Crippen LogP contribution in [-0.4, -0.2) is 52.6 Å². The Bertz CT molecular complexity index is 235. The van der Waals surface area contributed by atoms with Gasteiger partial charge in [0.05, 0.1) is 18.3 Å². The summed E-state index contributed by atoms with van der Waals surface area (Å²) in [6.45, 7) is 1.52. The van der Waals surface area contributed by atoms with Crippen LogP contribution >= 0.6 is 0 Å². The number of amides is 1. The van der Waals surface area contributed by atoms with Gasteiger partial charge in [0.25, 0.3) is 0 Å². The van der Waals surface area contributed by atoms with E-state index < -0.39 is 17.8 Å². The van der Waals surface area contributed by atoms with Crippen LogP contribution in [-0.2, 0) is 4.74 Å². The summed E-state index contributed by atoms with van der Waals surface area (Å²) >= 11 is 0. The van der Waals surface area contributed by atoms with E-state index in [9.17, 15) is 9.90 Å². The van der Waals surface area contributed by atoms with Gasteiger partial charge in [-0.05, 0) is 19.3 Å². The van der Waals surface area contributed by atoms with E-state index in [2.05, 4.69) is 0 Å². The summed E-state index contributed by atoms with van der Waals surface area (Å²) in [5.74, 6) is 0. The van der Waals surface area contributed by atoms with Crippen LogP contribution in [0.15, 0.2) is 0 Å². The predicted octanol–water partition coefficient (Wildman–Crippen LogP) is 0.280. The predicted molar refractivity (Wildman–Crippen MR) is 48.1 cm³/mol. The summed E-state index contributed by atoms with van der Waals surface area (Å²) in [4.78, 5) is 12.0. The number of hydrogen-bond donors (Lipinski definition) is 2. The van der Waals surface area contributed by atoms with Crippen LogP contribution in [0.3, 0.4) is 0 Å². The quantitative estimate of drug-likeness (QED) is 0.590. The number of piperidine rings is 1. The first-order chi connectivity index (χ1) is 6.64. The van der Waals surface area contributed by atoms with Crippen molar-refractivity contribution in [2.45, 2.75) is 31.0 Å². The van der Waals surface area contributed by atoms with Crippen molar-refractivity contribution in [1.29, 1.82) is 0 Å². The number of nitrogens with zero attached hydrogens (tertiary/aromatic N) is 1. The number of aliphatic hydroxyl groups is 1. The summed E-state index contributed by atoms with van der Waals surface area (Å²) in [5, 5.41) is 18.5. The van der Waals surface area contributed by atoms with Crippen LogP contribution in [0.1, 0.15) is 19.3 Å². The van der Waals surface area contributed by atoms with E-state index in [1.54, 1.807) is 0 Å². The van der Waals surface area contributed by atoms with Gasteiger partial charge in [-0.3, -0.25) is 0 Å². The molecule has 0 aliphatic carbocycles. The van der Waals surface area contributed by atoms with Crippen molar-refractivity contribution in [3.63, 3.8) is 0 Å². The molecule has 0 aromatic rings. The molecule has 2 fully saturated rings. The molecule has 80 valence electrons. The molecule has 1 amide bonds. The van der Waals surface area contributed by atoms with Crippen molar-refractivity contribution in [3.8, 4) is 0 Å². The second kappa shape index (κ2) is 3.40. The van der Waals surface area contributed by atoms with E-state index in [1.807, 2.05) is 0 Å². The molecule has 0 aromatic heterocycles. The average molecular weight is 201 g/mol. The minimum Gasteiger partial charge on any atom is -0.465 e. The van der Waals surface area contributed by atoms with Crippen molar-refractivity contribution >= 4 is 6.09 Å². The number of carboxylic acid groups (broad SMARTS) is 1. The third kappa shape index (κ3) is 1.46. The zero-order chi connectivity index (χ0) is 10.2. The SMILES string of the molecule is O=C(O)N1CCC2(CC1)OCCC2O. The lowest BCUT2D eigenvalue weighted by molar-refractivity contribution is -0.0905. The fourth-order valence-corrected chi connectivity index (χ4v) is 2.29. The highest BCUT2D eigenvalue weighted by molar-refractivity contribution is 5.65. The van der Waals surface area contributed by atoms with Crippen molar-refractivity contribution in [2.75, 3.05) is 19.7 Å². The first-order valence-corrected chi connectivity index (χ1v) is 4.94. The molecule has 14 heavy (non-hydrogen) atoms. The topological polar surface area (TPSA) is 70.0 Å². The van der Waals surface area contributed by atoms with Gasteiger partial charge in [0.2, 0.25) is 0 Å². The fraction of sp³-hybridized carbons (Fsp3) is 0.889. The van der Waals surface area contributed by atoms with Crippen molar-refractivity contribution in [3.05, 3.63) is 0 Å². The van der Waals surface area contributed by atoms with Gasteiger partial charge in [-0.2, -0.15) is 0 Å². The van der Waals surface area contributed by atoms with Crippen LogP contribution in [0.25, 0.3) is 0 Å². The molecule has 2 rings (SSSR count). The zero-order valence-electron chi connectivity index (χ0n) is 7.98. The van der Waals surface area contributed by atoms with E-state index in [1.165, 1.54) is 4.90 Å². The Morgan fingerprint density at radius 2 is 2.07 bits per heavy atom. The van der Waals surface area contributed by atoms with Gasteiger partial charge in [-0.1, -0.05) is 0 Å². The van der Waals surface area contributed by atoms with E-state index in [-0.39, 0.29) is 0 Å². The normalized spacial score (nSPS) is 30.9. The maximum atomic E-state index is 10.7. The largest absolute Gasteiger partial charge is 0.465 e. The molecule has 1 spiro atoms. The number of likely N-dealkylation sites (tertiary alicyclic amines) is 1. The number of aliphatic hydroxyl groups excluding tert-OH is 1. The molecular weight excluding hydrogens is 186 g/mol. The maximum absolute atomic E-state index is 10.7. The third-order valence-corrected chi connectivity index (χ3v) is 3.27. The lowest BCUT2D eigenvalue weighted by Gasteiger charge is -2.39. The lowest BCUT2D eigenvalue weighted by atomic mass is 9.86. The highest BCUT2D eigenvalue weighted by atomic mass is 16.5. The highest BCUT2D eigenvalue weighted by Gasteiger charge is 2.46. The molecule has 0 bridgehead atoms. The Kier molecular flexibility index (Phi) is 2.36. The molecule has 5 heteroatoms. The fourth-order valence-electron chi connectivity index (χ4n) is 2.29. The summed E-state index contributed by atoms with van der Waals surface area (Å²) in [5.41, 5.74) is -0.452. The van der Waals surface area contributed by atoms with Crippen molar-refractivity contribution in [1.82, 2.24) is 4.90 Å². The Labute approximate surface area is 82.3 Å². The van der Waals surface area contributed by atoms with Gasteiger partial charge < -0.3 is 19.8 Å². The lowest BCUT2D eigenvalue weighted by Crippen LogP contribution is -2.50. The molecular formula is C9H15NO4. The molecule has 2 aliphatic rings. The number of rotatable bonds is 0. The Morgan fingerprint density at radius 1 is 1.43 bits per heavy atom. The summed E-state index contributed by atoms with van der Waals surface area (Å²) in [6.07, 6.45) is 0.597. The molecule has 2 aliphatic heterocycles. The Morgan fingerprint density at radius 3 is 2.50 bits per heavy atom. The Hall–Kier alpha value is -0.810. The first-order valence-electron chi connectivity index (χ1n) is 4.94. The molecule has 1 atom stereocenters. The summed E-state index contributed by atoms with van der Waals surface area (Å²) in [7, 11) is 0. The van der Waals surface area contributed by atoms with Gasteiger partial charge in [0.1, 0.15) is 0 Å². The van der Waals surface area contributed by atoms with Gasteiger partial charge >= 0.3 is 6.09 Å². The standard InChI is InChI=1S/C9H15NO4/c11-7-1-6-14-9(7)2-4-10(5-3-9)8(12)13/h7,11H,1-6H2,(H,12,13). The summed E-state index contributed by atoms with van der Waals surface area (Å²) in [6, 6.07) is 0. The average Bonchev–Trinajstić information content (AvgIpc) is 2.49. The van der Waals surface area contributed by atoms with Crippen LogP contribution in [0.2, 0.25) is 0 Å². The van der Waals surface area contributed by atoms with Gasteiger partial charge in [0.15, 0.2) is 0 Å². The van der Waals surface area contributed by atoms with E-state index >= 15 is 0 Å². The monoisotopic (exact) mass is 201 g/mol. The first kappa shape index (κ1) is 9.73. The van der Waals surface area contributed by atoms with Gasteiger partial charge in [-0.15, -0.1) is 0 Å². The van der Waals surface area contributed by atoms with E-state index in [4.69, 9.17) is 9.84 Å². The van der Waals surface area contributed by atoms with E-state index in [0.29, 0.717) is 39.0 Å². The highest BCUT2D eigenvalue weighted by Crippen LogP contribution is 2.35. The number of hydrogen-bond acceptors (Lipinski definition) is 3. The zero-order valence-corrected chi connectivity index (χ0v) is 7.98. The van der Waals surface area contributed by atoms with Gasteiger partial charge in [0, 0.05) is 13.1 Å². The molecule has 2 N–H and O–H groups in total. The Balaban J connectivity index is 1.98. The second-order valence-electron chi connectivity index (χ2n) is 3.99. The van der Waals surface area contributed by atoms with Crippen LogP contribution in [0.5, 0.6) is 0 Å². The molecule has 2 saturated heterocycles. The van der Waals surface area contributed by atoms with Crippen molar-refractivity contribution in [2.24, 2.45) is 0 Å². The molecule has 2 heterocycles. The van der Waals surface area contributed by atoms with Crippen LogP contribution in [0.4, 0.5) is 4.79 Å². The summed E-state index contributed by atoms with van der Waals surface area (Å²) < 4.78 is 5.55. The molecule has 1 unspecified atom stereocenters. The second-order valence-corrected chi connectivity index (χ2v) is 3.99. The molecule has 0 saturated carbocycles. The molecule has 5 nitrogen and oxygen atoms in total. The molecule has 0 aromatic carbocycles.